The Balaban J connectivity index is 1.98. The van der Waals surface area contributed by atoms with Crippen molar-refractivity contribution in [3.8, 4) is 6.07 Å². The lowest BCUT2D eigenvalue weighted by atomic mass is 10.2. The van der Waals surface area contributed by atoms with E-state index in [1.807, 2.05) is 43.3 Å². The van der Waals surface area contributed by atoms with Gasteiger partial charge in [0.2, 0.25) is 0 Å². The minimum Gasteiger partial charge on any atom is -0.279 e. The SMILES string of the molecule is Cc1ccc(N/N=C/c2ccc(C#N)cc2)cc1. The van der Waals surface area contributed by atoms with Gasteiger partial charge >= 0.3 is 0 Å². The standard InChI is InChI=1S/C15H13N3/c1-12-2-8-15(9-3-12)18-17-11-14-6-4-13(10-16)5-7-14/h2-9,11,18H,1H3/b17-11+. The molecule has 0 fully saturated rings. The Bertz CT molecular complexity index is 575. The summed E-state index contributed by atoms with van der Waals surface area (Å²) < 4.78 is 0. The van der Waals surface area contributed by atoms with Crippen molar-refractivity contribution in [1.82, 2.24) is 0 Å². The van der Waals surface area contributed by atoms with Crippen LogP contribution in [0.3, 0.4) is 0 Å². The summed E-state index contributed by atoms with van der Waals surface area (Å²) in [6, 6.07) is 17.4. The molecule has 0 spiro atoms. The number of anilines is 1. The first-order valence-corrected chi connectivity index (χ1v) is 5.64. The van der Waals surface area contributed by atoms with Crippen molar-refractivity contribution in [2.75, 3.05) is 5.43 Å². The van der Waals surface area contributed by atoms with Crippen LogP contribution < -0.4 is 5.43 Å². The van der Waals surface area contributed by atoms with Gasteiger partial charge < -0.3 is 0 Å². The lowest BCUT2D eigenvalue weighted by Gasteiger charge is -2.00. The highest BCUT2D eigenvalue weighted by atomic mass is 15.3. The van der Waals surface area contributed by atoms with E-state index in [2.05, 4.69) is 16.6 Å². The molecule has 0 saturated heterocycles. The Morgan fingerprint density at radius 2 is 1.72 bits per heavy atom. The molecule has 0 aliphatic carbocycles. The molecular formula is C15H13N3. The molecule has 0 saturated carbocycles. The van der Waals surface area contributed by atoms with E-state index in [0.717, 1.165) is 11.3 Å². The summed E-state index contributed by atoms with van der Waals surface area (Å²) in [5.74, 6) is 0. The lowest BCUT2D eigenvalue weighted by molar-refractivity contribution is 1.34. The highest BCUT2D eigenvalue weighted by Crippen LogP contribution is 2.08. The summed E-state index contributed by atoms with van der Waals surface area (Å²) >= 11 is 0. The lowest BCUT2D eigenvalue weighted by Crippen LogP contribution is -1.90. The average molecular weight is 235 g/mol. The number of hydrogen-bond donors (Lipinski definition) is 1. The molecule has 0 atom stereocenters. The fourth-order valence-electron chi connectivity index (χ4n) is 1.45. The van der Waals surface area contributed by atoms with Crippen molar-refractivity contribution in [2.45, 2.75) is 6.92 Å². The van der Waals surface area contributed by atoms with Gasteiger partial charge in [0, 0.05) is 0 Å². The molecule has 0 aromatic heterocycles. The molecule has 0 amide bonds. The summed E-state index contributed by atoms with van der Waals surface area (Å²) in [7, 11) is 0. The summed E-state index contributed by atoms with van der Waals surface area (Å²) in [4.78, 5) is 0. The molecule has 2 rings (SSSR count). The number of rotatable bonds is 3. The third-order valence-corrected chi connectivity index (χ3v) is 2.50. The average Bonchev–Trinajstić information content (AvgIpc) is 2.42. The molecule has 0 aliphatic heterocycles. The normalized spacial score (nSPS) is 10.2. The van der Waals surface area contributed by atoms with Gasteiger partial charge in [0.15, 0.2) is 0 Å². The molecule has 1 N–H and O–H groups in total. The molecule has 0 heterocycles. The first kappa shape index (κ1) is 11.9. The molecule has 0 aliphatic rings. The van der Waals surface area contributed by atoms with Crippen LogP contribution in [-0.4, -0.2) is 6.21 Å². The first-order valence-electron chi connectivity index (χ1n) is 5.64. The molecule has 18 heavy (non-hydrogen) atoms. The maximum Gasteiger partial charge on any atom is 0.0991 e. The third kappa shape index (κ3) is 3.19. The Labute approximate surface area is 106 Å². The fourth-order valence-corrected chi connectivity index (χ4v) is 1.45. The quantitative estimate of drug-likeness (QED) is 0.655. The van der Waals surface area contributed by atoms with E-state index in [0.29, 0.717) is 5.56 Å². The maximum atomic E-state index is 8.68. The topological polar surface area (TPSA) is 48.2 Å². The van der Waals surface area contributed by atoms with Gasteiger partial charge in [-0.05, 0) is 36.8 Å². The summed E-state index contributed by atoms with van der Waals surface area (Å²) in [6.07, 6.45) is 1.72. The van der Waals surface area contributed by atoms with Crippen LogP contribution in [0, 0.1) is 18.3 Å². The van der Waals surface area contributed by atoms with Crippen molar-refractivity contribution in [1.29, 1.82) is 5.26 Å². The zero-order valence-electron chi connectivity index (χ0n) is 10.1. The maximum absolute atomic E-state index is 8.68. The van der Waals surface area contributed by atoms with Crippen molar-refractivity contribution < 1.29 is 0 Å². The van der Waals surface area contributed by atoms with E-state index in [1.54, 1.807) is 18.3 Å². The zero-order chi connectivity index (χ0) is 12.8. The van der Waals surface area contributed by atoms with E-state index < -0.39 is 0 Å². The van der Waals surface area contributed by atoms with Crippen LogP contribution in [0.15, 0.2) is 53.6 Å². The largest absolute Gasteiger partial charge is 0.279 e. The van der Waals surface area contributed by atoms with Crippen LogP contribution >= 0.6 is 0 Å². The second kappa shape index (κ2) is 5.65. The van der Waals surface area contributed by atoms with Crippen LogP contribution in [0.4, 0.5) is 5.69 Å². The monoisotopic (exact) mass is 235 g/mol. The van der Waals surface area contributed by atoms with E-state index >= 15 is 0 Å². The molecule has 0 unspecified atom stereocenters. The van der Waals surface area contributed by atoms with Crippen LogP contribution in [0.2, 0.25) is 0 Å². The number of benzene rings is 2. The van der Waals surface area contributed by atoms with E-state index in [-0.39, 0.29) is 0 Å². The van der Waals surface area contributed by atoms with Gasteiger partial charge in [0.05, 0.1) is 23.5 Å². The highest BCUT2D eigenvalue weighted by molar-refractivity contribution is 5.80. The van der Waals surface area contributed by atoms with Crippen LogP contribution in [0.25, 0.3) is 0 Å². The molecule has 0 radical (unpaired) electrons. The molecule has 0 bridgehead atoms. The minimum atomic E-state index is 0.652. The van der Waals surface area contributed by atoms with Gasteiger partial charge in [-0.15, -0.1) is 0 Å². The number of aryl methyl sites for hydroxylation is 1. The predicted octanol–water partition coefficient (Wildman–Crippen LogP) is 3.31. The molecule has 3 nitrogen and oxygen atoms in total. The van der Waals surface area contributed by atoms with Gasteiger partial charge in [0.1, 0.15) is 0 Å². The second-order valence-corrected chi connectivity index (χ2v) is 3.97. The predicted molar refractivity (Wildman–Crippen MR) is 73.6 cm³/mol. The van der Waals surface area contributed by atoms with E-state index in [4.69, 9.17) is 5.26 Å². The minimum absolute atomic E-state index is 0.652. The van der Waals surface area contributed by atoms with Crippen LogP contribution in [-0.2, 0) is 0 Å². The molecule has 3 heteroatoms. The highest BCUT2D eigenvalue weighted by Gasteiger charge is 1.91. The van der Waals surface area contributed by atoms with Crippen molar-refractivity contribution in [2.24, 2.45) is 5.10 Å². The van der Waals surface area contributed by atoms with E-state index in [1.165, 1.54) is 5.56 Å². The van der Waals surface area contributed by atoms with Gasteiger partial charge in [-0.1, -0.05) is 29.8 Å². The van der Waals surface area contributed by atoms with E-state index in [9.17, 15) is 0 Å². The van der Waals surface area contributed by atoms with Gasteiger partial charge in [-0.3, -0.25) is 5.43 Å². The van der Waals surface area contributed by atoms with Gasteiger partial charge in [0.25, 0.3) is 0 Å². The first-order chi connectivity index (χ1) is 8.78. The Hall–Kier alpha value is -2.60. The summed E-state index contributed by atoms with van der Waals surface area (Å²) in [5, 5.41) is 12.8. The van der Waals surface area contributed by atoms with Crippen LogP contribution in [0.5, 0.6) is 0 Å². The fraction of sp³-hybridized carbons (Fsp3) is 0.0667. The van der Waals surface area contributed by atoms with Crippen molar-refractivity contribution in [3.05, 3.63) is 65.2 Å². The molecular weight excluding hydrogens is 222 g/mol. The number of hydrogen-bond acceptors (Lipinski definition) is 3. The summed E-state index contributed by atoms with van der Waals surface area (Å²) in [5.41, 5.74) is 6.73. The number of nitriles is 1. The van der Waals surface area contributed by atoms with Gasteiger partial charge in [-0.25, -0.2) is 0 Å². The third-order valence-electron chi connectivity index (χ3n) is 2.50. The van der Waals surface area contributed by atoms with Crippen molar-refractivity contribution in [3.63, 3.8) is 0 Å². The Kier molecular flexibility index (Phi) is 3.72. The Morgan fingerprint density at radius 3 is 2.33 bits per heavy atom. The Morgan fingerprint density at radius 1 is 1.06 bits per heavy atom. The van der Waals surface area contributed by atoms with Gasteiger partial charge in [-0.2, -0.15) is 10.4 Å². The smallest absolute Gasteiger partial charge is 0.0991 e. The van der Waals surface area contributed by atoms with Crippen molar-refractivity contribution >= 4 is 11.9 Å². The summed E-state index contributed by atoms with van der Waals surface area (Å²) in [6.45, 7) is 2.05. The number of nitrogens with zero attached hydrogens (tertiary/aromatic N) is 2. The number of nitrogens with one attached hydrogen (secondary N) is 1. The molecule has 88 valence electrons. The van der Waals surface area contributed by atoms with Crippen LogP contribution in [0.1, 0.15) is 16.7 Å². The molecule has 2 aromatic rings. The number of hydrazone groups is 1. The molecule has 2 aromatic carbocycles. The second-order valence-electron chi connectivity index (χ2n) is 3.97. The zero-order valence-corrected chi connectivity index (χ0v) is 10.1.